The fourth-order valence-corrected chi connectivity index (χ4v) is 2.36. The van der Waals surface area contributed by atoms with Crippen LogP contribution in [0.2, 0.25) is 0 Å². The summed E-state index contributed by atoms with van der Waals surface area (Å²) in [6, 6.07) is 8.52. The first kappa shape index (κ1) is 16.4. The van der Waals surface area contributed by atoms with E-state index in [1.54, 1.807) is 44.4 Å². The van der Waals surface area contributed by atoms with Gasteiger partial charge in [0.15, 0.2) is 0 Å². The summed E-state index contributed by atoms with van der Waals surface area (Å²) in [7, 11) is 0. The van der Waals surface area contributed by atoms with E-state index in [-0.39, 0.29) is 12.1 Å². The minimum absolute atomic E-state index is 0.0347. The number of nitro benzene ring substituents is 1. The number of benzene rings is 1. The molecule has 0 aliphatic carbocycles. The van der Waals surface area contributed by atoms with Crippen LogP contribution < -0.4 is 5.73 Å². The average Bonchev–Trinajstić information content (AvgIpc) is 2.46. The summed E-state index contributed by atoms with van der Waals surface area (Å²) in [6.07, 6.45) is 2.54. The van der Waals surface area contributed by atoms with E-state index in [1.807, 2.05) is 6.07 Å². The van der Waals surface area contributed by atoms with Crippen molar-refractivity contribution in [3.8, 4) is 11.1 Å². The second-order valence-corrected chi connectivity index (χ2v) is 5.70. The van der Waals surface area contributed by atoms with Crippen molar-refractivity contribution in [2.24, 2.45) is 5.73 Å². The Hall–Kier alpha value is -2.96. The Balaban J connectivity index is 2.38. The number of nitrogens with zero attached hydrogens (tertiary/aromatic N) is 2. The SMILES string of the molecule is CC(C)(Cc1ccc(-c2cccnc2)cc1[N+](=O)[O-])OC(N)=O. The van der Waals surface area contributed by atoms with Crippen molar-refractivity contribution in [2.75, 3.05) is 0 Å². The summed E-state index contributed by atoms with van der Waals surface area (Å²) in [5.41, 5.74) is 6.01. The summed E-state index contributed by atoms with van der Waals surface area (Å²) < 4.78 is 5.00. The van der Waals surface area contributed by atoms with Crippen LogP contribution in [0.5, 0.6) is 0 Å². The predicted octanol–water partition coefficient (Wildman–Crippen LogP) is 3.07. The molecule has 0 aliphatic heterocycles. The largest absolute Gasteiger partial charge is 0.443 e. The Kier molecular flexibility index (Phi) is 4.59. The summed E-state index contributed by atoms with van der Waals surface area (Å²) in [4.78, 5) is 25.9. The van der Waals surface area contributed by atoms with Gasteiger partial charge in [0.05, 0.1) is 4.92 Å². The molecular weight excluding hydrogens is 298 g/mol. The van der Waals surface area contributed by atoms with Crippen LogP contribution >= 0.6 is 0 Å². The molecule has 120 valence electrons. The summed E-state index contributed by atoms with van der Waals surface area (Å²) in [5, 5.41) is 11.4. The van der Waals surface area contributed by atoms with Gasteiger partial charge in [-0.2, -0.15) is 0 Å². The van der Waals surface area contributed by atoms with Gasteiger partial charge in [-0.05, 0) is 25.5 Å². The molecule has 0 saturated heterocycles. The van der Waals surface area contributed by atoms with E-state index >= 15 is 0 Å². The molecule has 0 unspecified atom stereocenters. The number of amides is 1. The zero-order valence-corrected chi connectivity index (χ0v) is 12.9. The third kappa shape index (κ3) is 4.26. The van der Waals surface area contributed by atoms with Crippen LogP contribution in [0.4, 0.5) is 10.5 Å². The minimum Gasteiger partial charge on any atom is -0.443 e. The van der Waals surface area contributed by atoms with Crippen molar-refractivity contribution in [3.05, 3.63) is 58.4 Å². The highest BCUT2D eigenvalue weighted by atomic mass is 16.6. The fraction of sp³-hybridized carbons (Fsp3) is 0.250. The maximum atomic E-state index is 11.4. The normalized spacial score (nSPS) is 11.0. The number of hydrogen-bond donors (Lipinski definition) is 1. The van der Waals surface area contributed by atoms with Gasteiger partial charge in [-0.15, -0.1) is 0 Å². The van der Waals surface area contributed by atoms with Crippen LogP contribution in [0, 0.1) is 10.1 Å². The maximum Gasteiger partial charge on any atom is 0.405 e. The predicted molar refractivity (Wildman–Crippen MR) is 84.8 cm³/mol. The van der Waals surface area contributed by atoms with Crippen molar-refractivity contribution in [1.29, 1.82) is 0 Å². The first-order chi connectivity index (χ1) is 10.8. The van der Waals surface area contributed by atoms with Crippen molar-refractivity contribution in [2.45, 2.75) is 25.9 Å². The maximum absolute atomic E-state index is 11.4. The van der Waals surface area contributed by atoms with Crippen LogP contribution in [0.25, 0.3) is 11.1 Å². The summed E-state index contributed by atoms with van der Waals surface area (Å²) in [5.74, 6) is 0. The molecule has 2 rings (SSSR count). The number of aromatic nitrogens is 1. The Labute approximate surface area is 133 Å². The number of primary amides is 1. The lowest BCUT2D eigenvalue weighted by atomic mass is 9.95. The molecule has 7 nitrogen and oxygen atoms in total. The van der Waals surface area contributed by atoms with Crippen molar-refractivity contribution in [1.82, 2.24) is 4.98 Å². The molecule has 7 heteroatoms. The van der Waals surface area contributed by atoms with Crippen LogP contribution in [-0.4, -0.2) is 21.6 Å². The molecule has 0 bridgehead atoms. The Morgan fingerprint density at radius 3 is 2.65 bits per heavy atom. The summed E-state index contributed by atoms with van der Waals surface area (Å²) >= 11 is 0. The molecule has 0 spiro atoms. The Morgan fingerprint density at radius 1 is 1.35 bits per heavy atom. The highest BCUT2D eigenvalue weighted by molar-refractivity contribution is 5.67. The third-order valence-corrected chi connectivity index (χ3v) is 3.27. The third-order valence-electron chi connectivity index (χ3n) is 3.27. The van der Waals surface area contributed by atoms with E-state index in [0.717, 1.165) is 5.56 Å². The van der Waals surface area contributed by atoms with Crippen LogP contribution in [-0.2, 0) is 11.2 Å². The van der Waals surface area contributed by atoms with E-state index in [9.17, 15) is 14.9 Å². The molecule has 2 N–H and O–H groups in total. The lowest BCUT2D eigenvalue weighted by Crippen LogP contribution is -2.33. The number of hydrogen-bond acceptors (Lipinski definition) is 5. The first-order valence-electron chi connectivity index (χ1n) is 6.95. The monoisotopic (exact) mass is 315 g/mol. The Morgan fingerprint density at radius 2 is 2.09 bits per heavy atom. The van der Waals surface area contributed by atoms with Gasteiger partial charge < -0.3 is 10.5 Å². The number of rotatable bonds is 5. The zero-order valence-electron chi connectivity index (χ0n) is 12.9. The van der Waals surface area contributed by atoms with E-state index in [2.05, 4.69) is 4.98 Å². The topological polar surface area (TPSA) is 108 Å². The van der Waals surface area contributed by atoms with Gasteiger partial charge in [-0.1, -0.05) is 18.2 Å². The van der Waals surface area contributed by atoms with Gasteiger partial charge >= 0.3 is 6.09 Å². The van der Waals surface area contributed by atoms with Crippen LogP contribution in [0.1, 0.15) is 19.4 Å². The van der Waals surface area contributed by atoms with E-state index in [0.29, 0.717) is 11.1 Å². The molecule has 2 aromatic rings. The van der Waals surface area contributed by atoms with Gasteiger partial charge in [-0.3, -0.25) is 15.1 Å². The molecule has 1 heterocycles. The molecule has 0 fully saturated rings. The molecule has 1 amide bonds. The van der Waals surface area contributed by atoms with Gasteiger partial charge in [-0.25, -0.2) is 4.79 Å². The first-order valence-corrected chi connectivity index (χ1v) is 6.95. The van der Waals surface area contributed by atoms with Gasteiger partial charge in [0.2, 0.25) is 0 Å². The minimum atomic E-state index is -0.938. The van der Waals surface area contributed by atoms with Crippen molar-refractivity contribution >= 4 is 11.8 Å². The summed E-state index contributed by atoms with van der Waals surface area (Å²) in [6.45, 7) is 3.30. The number of carbonyl (C=O) groups excluding carboxylic acids is 1. The van der Waals surface area contributed by atoms with Crippen molar-refractivity contribution in [3.63, 3.8) is 0 Å². The molecular formula is C16H17N3O4. The number of nitro groups is 1. The second kappa shape index (κ2) is 6.43. The van der Waals surface area contributed by atoms with Gasteiger partial charge in [0, 0.05) is 36.0 Å². The van der Waals surface area contributed by atoms with Crippen molar-refractivity contribution < 1.29 is 14.5 Å². The Bertz CT molecular complexity index is 729. The number of carbonyl (C=O) groups is 1. The lowest BCUT2D eigenvalue weighted by molar-refractivity contribution is -0.385. The van der Waals surface area contributed by atoms with Gasteiger partial charge in [0.25, 0.3) is 5.69 Å². The lowest BCUT2D eigenvalue weighted by Gasteiger charge is -2.24. The van der Waals surface area contributed by atoms with E-state index in [1.165, 1.54) is 6.07 Å². The van der Waals surface area contributed by atoms with Gasteiger partial charge in [0.1, 0.15) is 5.60 Å². The molecule has 1 aromatic heterocycles. The number of nitrogens with two attached hydrogens (primary N) is 1. The molecule has 0 radical (unpaired) electrons. The van der Waals surface area contributed by atoms with E-state index in [4.69, 9.17) is 10.5 Å². The molecule has 0 atom stereocenters. The fourth-order valence-electron chi connectivity index (χ4n) is 2.36. The number of ether oxygens (including phenoxy) is 1. The molecule has 1 aromatic carbocycles. The van der Waals surface area contributed by atoms with E-state index < -0.39 is 16.6 Å². The van der Waals surface area contributed by atoms with Crippen LogP contribution in [0.3, 0.4) is 0 Å². The molecule has 0 aliphatic rings. The highest BCUT2D eigenvalue weighted by Crippen LogP contribution is 2.30. The average molecular weight is 315 g/mol. The molecule has 23 heavy (non-hydrogen) atoms. The highest BCUT2D eigenvalue weighted by Gasteiger charge is 2.27. The van der Waals surface area contributed by atoms with Crippen LogP contribution in [0.15, 0.2) is 42.7 Å². The number of pyridine rings is 1. The quantitative estimate of drug-likeness (QED) is 0.673. The standard InChI is InChI=1S/C16H17N3O4/c1-16(2,23-15(17)20)9-12-6-5-11(8-14(12)19(21)22)13-4-3-7-18-10-13/h3-8,10H,9H2,1-2H3,(H2,17,20). The smallest absolute Gasteiger partial charge is 0.405 e. The molecule has 0 saturated carbocycles. The second-order valence-electron chi connectivity index (χ2n) is 5.70. The zero-order chi connectivity index (χ0) is 17.0.